The molecule has 0 atom stereocenters. The average molecular weight is 295 g/mol. The largest absolute Gasteiger partial charge is 0.495 e. The molecule has 0 saturated heterocycles. The molecule has 2 amide bonds. The SMILES string of the molecule is CCn1ccc(NC(=O)Nc2cc(Cl)ccc2OC)n1. The van der Waals surface area contributed by atoms with Crippen LogP contribution in [0.2, 0.25) is 5.02 Å². The van der Waals surface area contributed by atoms with Crippen molar-refractivity contribution in [2.45, 2.75) is 13.5 Å². The number of carbonyl (C=O) groups excluding carboxylic acids is 1. The number of ether oxygens (including phenoxy) is 1. The van der Waals surface area contributed by atoms with Crippen molar-refractivity contribution >= 4 is 29.1 Å². The predicted octanol–water partition coefficient (Wildman–Crippen LogP) is 3.21. The van der Waals surface area contributed by atoms with Crippen LogP contribution in [-0.2, 0) is 6.54 Å². The monoisotopic (exact) mass is 294 g/mol. The van der Waals surface area contributed by atoms with Gasteiger partial charge in [0.25, 0.3) is 0 Å². The van der Waals surface area contributed by atoms with E-state index in [9.17, 15) is 4.79 Å². The van der Waals surface area contributed by atoms with Crippen LogP contribution in [0.1, 0.15) is 6.92 Å². The number of urea groups is 1. The minimum Gasteiger partial charge on any atom is -0.495 e. The lowest BCUT2D eigenvalue weighted by Gasteiger charge is -2.10. The van der Waals surface area contributed by atoms with Crippen molar-refractivity contribution in [3.8, 4) is 5.75 Å². The van der Waals surface area contributed by atoms with Gasteiger partial charge in [-0.05, 0) is 25.1 Å². The molecule has 0 aliphatic carbocycles. The van der Waals surface area contributed by atoms with Crippen molar-refractivity contribution < 1.29 is 9.53 Å². The molecule has 2 N–H and O–H groups in total. The first-order valence-electron chi connectivity index (χ1n) is 6.07. The summed E-state index contributed by atoms with van der Waals surface area (Å²) in [7, 11) is 1.52. The first kappa shape index (κ1) is 14.2. The van der Waals surface area contributed by atoms with Gasteiger partial charge in [-0.2, -0.15) is 5.10 Å². The molecule has 2 aromatic rings. The minimum absolute atomic E-state index is 0.410. The summed E-state index contributed by atoms with van der Waals surface area (Å²) in [6.07, 6.45) is 1.79. The second-order valence-corrected chi connectivity index (χ2v) is 4.42. The van der Waals surface area contributed by atoms with E-state index >= 15 is 0 Å². The number of halogens is 1. The number of nitrogens with zero attached hydrogens (tertiary/aromatic N) is 2. The van der Waals surface area contributed by atoms with Crippen molar-refractivity contribution in [2.75, 3.05) is 17.7 Å². The fraction of sp³-hybridized carbons (Fsp3) is 0.231. The first-order valence-corrected chi connectivity index (χ1v) is 6.45. The van der Waals surface area contributed by atoms with E-state index in [0.29, 0.717) is 22.3 Å². The van der Waals surface area contributed by atoms with Gasteiger partial charge in [0.05, 0.1) is 12.8 Å². The molecule has 1 aromatic heterocycles. The number of rotatable bonds is 4. The van der Waals surface area contributed by atoms with Gasteiger partial charge in [0.15, 0.2) is 5.82 Å². The van der Waals surface area contributed by atoms with Gasteiger partial charge in [-0.3, -0.25) is 10.00 Å². The lowest BCUT2D eigenvalue weighted by Crippen LogP contribution is -2.20. The van der Waals surface area contributed by atoms with Crippen molar-refractivity contribution in [1.82, 2.24) is 9.78 Å². The number of methoxy groups -OCH3 is 1. The number of aryl methyl sites for hydroxylation is 1. The van der Waals surface area contributed by atoms with Crippen molar-refractivity contribution in [2.24, 2.45) is 0 Å². The zero-order valence-electron chi connectivity index (χ0n) is 11.2. The summed E-state index contributed by atoms with van der Waals surface area (Å²) < 4.78 is 6.87. The Morgan fingerprint density at radius 2 is 2.20 bits per heavy atom. The van der Waals surface area contributed by atoms with E-state index in [2.05, 4.69) is 15.7 Å². The summed E-state index contributed by atoms with van der Waals surface area (Å²) in [6, 6.07) is 6.30. The number of carbonyl (C=O) groups is 1. The number of amides is 2. The molecule has 1 aromatic carbocycles. The Balaban J connectivity index is 2.06. The second kappa shape index (κ2) is 6.29. The van der Waals surface area contributed by atoms with E-state index < -0.39 is 6.03 Å². The fourth-order valence-corrected chi connectivity index (χ4v) is 1.82. The molecule has 0 unspecified atom stereocenters. The Bertz CT molecular complexity index is 612. The number of nitrogens with one attached hydrogen (secondary N) is 2. The quantitative estimate of drug-likeness (QED) is 0.910. The molecule has 0 bridgehead atoms. The minimum atomic E-state index is -0.410. The molecule has 0 fully saturated rings. The Kier molecular flexibility index (Phi) is 4.47. The van der Waals surface area contributed by atoms with E-state index in [1.54, 1.807) is 35.1 Å². The standard InChI is InChI=1S/C13H15ClN4O2/c1-3-18-7-6-12(17-18)16-13(19)15-10-8-9(14)4-5-11(10)20-2/h4-8H,3H2,1-2H3,(H2,15,16,17,19). The summed E-state index contributed by atoms with van der Waals surface area (Å²) in [6.45, 7) is 2.71. The van der Waals surface area contributed by atoms with Crippen molar-refractivity contribution in [3.63, 3.8) is 0 Å². The highest BCUT2D eigenvalue weighted by Gasteiger charge is 2.09. The van der Waals surface area contributed by atoms with E-state index in [0.717, 1.165) is 6.54 Å². The lowest BCUT2D eigenvalue weighted by molar-refractivity contribution is 0.262. The van der Waals surface area contributed by atoms with Crippen LogP contribution in [0.4, 0.5) is 16.3 Å². The predicted molar refractivity (Wildman–Crippen MR) is 78.5 cm³/mol. The molecule has 0 spiro atoms. The smallest absolute Gasteiger partial charge is 0.325 e. The summed E-state index contributed by atoms with van der Waals surface area (Å²) >= 11 is 5.90. The molecule has 20 heavy (non-hydrogen) atoms. The Labute approximate surface area is 121 Å². The number of anilines is 2. The molecule has 7 heteroatoms. The summed E-state index contributed by atoms with van der Waals surface area (Å²) in [5.74, 6) is 1.01. The van der Waals surface area contributed by atoms with Crippen molar-refractivity contribution in [3.05, 3.63) is 35.5 Å². The fourth-order valence-electron chi connectivity index (χ4n) is 1.65. The number of benzene rings is 1. The third-order valence-corrected chi connectivity index (χ3v) is 2.85. The normalized spacial score (nSPS) is 10.2. The molecular formula is C13H15ClN4O2. The number of aromatic nitrogens is 2. The maximum absolute atomic E-state index is 11.9. The van der Waals surface area contributed by atoms with E-state index in [4.69, 9.17) is 16.3 Å². The van der Waals surface area contributed by atoms with E-state index in [1.165, 1.54) is 7.11 Å². The molecule has 0 aliphatic heterocycles. The molecular weight excluding hydrogens is 280 g/mol. The van der Waals surface area contributed by atoms with Gasteiger partial charge in [-0.15, -0.1) is 0 Å². The van der Waals surface area contributed by atoms with Gasteiger partial charge in [-0.25, -0.2) is 4.79 Å². The first-order chi connectivity index (χ1) is 9.62. The van der Waals surface area contributed by atoms with Gasteiger partial charge in [0, 0.05) is 23.8 Å². The highest BCUT2D eigenvalue weighted by atomic mass is 35.5. The van der Waals surface area contributed by atoms with Crippen LogP contribution in [0, 0.1) is 0 Å². The van der Waals surface area contributed by atoms with Gasteiger partial charge in [0.1, 0.15) is 5.75 Å². The van der Waals surface area contributed by atoms with Crippen LogP contribution < -0.4 is 15.4 Å². The van der Waals surface area contributed by atoms with Crippen molar-refractivity contribution in [1.29, 1.82) is 0 Å². The molecule has 0 saturated carbocycles. The Morgan fingerprint density at radius 1 is 1.40 bits per heavy atom. The molecule has 6 nitrogen and oxygen atoms in total. The second-order valence-electron chi connectivity index (χ2n) is 3.98. The van der Waals surface area contributed by atoms with Crippen LogP contribution in [0.15, 0.2) is 30.5 Å². The Hall–Kier alpha value is -2.21. The zero-order valence-corrected chi connectivity index (χ0v) is 11.9. The van der Waals surface area contributed by atoms with Crippen LogP contribution in [0.3, 0.4) is 0 Å². The summed E-state index contributed by atoms with van der Waals surface area (Å²) in [5, 5.41) is 9.97. The summed E-state index contributed by atoms with van der Waals surface area (Å²) in [4.78, 5) is 11.9. The highest BCUT2D eigenvalue weighted by Crippen LogP contribution is 2.27. The van der Waals surface area contributed by atoms with Crippen LogP contribution in [0.5, 0.6) is 5.75 Å². The highest BCUT2D eigenvalue weighted by molar-refractivity contribution is 6.31. The third kappa shape index (κ3) is 3.42. The maximum atomic E-state index is 11.9. The average Bonchev–Trinajstić information content (AvgIpc) is 2.86. The van der Waals surface area contributed by atoms with Crippen LogP contribution in [-0.4, -0.2) is 22.9 Å². The van der Waals surface area contributed by atoms with Gasteiger partial charge in [0.2, 0.25) is 0 Å². The lowest BCUT2D eigenvalue weighted by atomic mass is 10.3. The van der Waals surface area contributed by atoms with Gasteiger partial charge in [-0.1, -0.05) is 11.6 Å². The maximum Gasteiger partial charge on any atom is 0.325 e. The van der Waals surface area contributed by atoms with Crippen LogP contribution >= 0.6 is 11.6 Å². The Morgan fingerprint density at radius 3 is 2.85 bits per heavy atom. The molecule has 2 rings (SSSR count). The number of hydrogen-bond acceptors (Lipinski definition) is 3. The zero-order chi connectivity index (χ0) is 14.5. The molecule has 106 valence electrons. The van der Waals surface area contributed by atoms with E-state index in [-0.39, 0.29) is 0 Å². The van der Waals surface area contributed by atoms with Gasteiger partial charge >= 0.3 is 6.03 Å². The van der Waals surface area contributed by atoms with Gasteiger partial charge < -0.3 is 10.1 Å². The summed E-state index contributed by atoms with van der Waals surface area (Å²) in [5.41, 5.74) is 0.493. The van der Waals surface area contributed by atoms with Crippen LogP contribution in [0.25, 0.3) is 0 Å². The molecule has 1 heterocycles. The van der Waals surface area contributed by atoms with E-state index in [1.807, 2.05) is 6.92 Å². The third-order valence-electron chi connectivity index (χ3n) is 2.62. The topological polar surface area (TPSA) is 68.2 Å². The molecule has 0 radical (unpaired) electrons. The number of hydrogen-bond donors (Lipinski definition) is 2. The molecule has 0 aliphatic rings.